The molecule has 0 heterocycles. The van der Waals surface area contributed by atoms with Gasteiger partial charge in [0, 0.05) is 24.9 Å². The van der Waals surface area contributed by atoms with Crippen molar-refractivity contribution in [3.05, 3.63) is 74.9 Å². The molecule has 0 bridgehead atoms. The molecule has 0 spiro atoms. The average molecular weight is 387 g/mol. The fourth-order valence-electron chi connectivity index (χ4n) is 2.11. The van der Waals surface area contributed by atoms with Gasteiger partial charge in [0.25, 0.3) is 11.6 Å². The van der Waals surface area contributed by atoms with Crippen LogP contribution in [0, 0.1) is 21.4 Å². The van der Waals surface area contributed by atoms with E-state index in [0.29, 0.717) is 12.3 Å². The largest absolute Gasteiger partial charge is 0.497 e. The van der Waals surface area contributed by atoms with E-state index < -0.39 is 10.8 Å². The number of hydrogen-bond donors (Lipinski definition) is 2. The summed E-state index contributed by atoms with van der Waals surface area (Å²) in [6.07, 6.45) is 1.26. The lowest BCUT2D eigenvalue weighted by Gasteiger charge is -2.07. The monoisotopic (exact) mass is 386 g/mol. The Balaban J connectivity index is 2.07. The Morgan fingerprint density at radius 1 is 1.37 bits per heavy atom. The quantitative estimate of drug-likeness (QED) is 0.326. The molecule has 8 nitrogen and oxygen atoms in total. The number of benzene rings is 2. The van der Waals surface area contributed by atoms with Crippen LogP contribution in [0.25, 0.3) is 0 Å². The summed E-state index contributed by atoms with van der Waals surface area (Å²) in [5.74, 6) is -0.0464. The Kier molecular flexibility index (Phi) is 6.74. The first-order valence-electron chi connectivity index (χ1n) is 7.66. The normalized spacial score (nSPS) is 10.6. The number of amides is 1. The lowest BCUT2D eigenvalue weighted by Crippen LogP contribution is -2.17. The zero-order valence-corrected chi connectivity index (χ0v) is 15.0. The first-order valence-corrected chi connectivity index (χ1v) is 8.04. The van der Waals surface area contributed by atoms with E-state index in [9.17, 15) is 20.2 Å². The van der Waals surface area contributed by atoms with Crippen LogP contribution < -0.4 is 15.4 Å². The molecule has 0 atom stereocenters. The third kappa shape index (κ3) is 5.45. The van der Waals surface area contributed by atoms with Gasteiger partial charge in [0.2, 0.25) is 0 Å². The van der Waals surface area contributed by atoms with Crippen LogP contribution in [0.5, 0.6) is 5.75 Å². The Labute approximate surface area is 160 Å². The van der Waals surface area contributed by atoms with Crippen molar-refractivity contribution in [3.8, 4) is 11.8 Å². The predicted molar refractivity (Wildman–Crippen MR) is 100 cm³/mol. The van der Waals surface area contributed by atoms with E-state index in [-0.39, 0.29) is 22.0 Å². The van der Waals surface area contributed by atoms with Gasteiger partial charge in [0.1, 0.15) is 17.4 Å². The second kappa shape index (κ2) is 9.22. The lowest BCUT2D eigenvalue weighted by molar-refractivity contribution is -0.384. The van der Waals surface area contributed by atoms with Gasteiger partial charge in [-0.15, -0.1) is 0 Å². The van der Waals surface area contributed by atoms with Crippen molar-refractivity contribution in [2.75, 3.05) is 12.4 Å². The van der Waals surface area contributed by atoms with Crippen molar-refractivity contribution in [2.45, 2.75) is 6.54 Å². The fraction of sp³-hybridized carbons (Fsp3) is 0.111. The van der Waals surface area contributed by atoms with E-state index in [1.165, 1.54) is 18.3 Å². The molecule has 0 aliphatic rings. The molecule has 27 heavy (non-hydrogen) atoms. The molecule has 0 aliphatic carbocycles. The third-order valence-electron chi connectivity index (χ3n) is 3.46. The maximum Gasteiger partial charge on any atom is 0.271 e. The van der Waals surface area contributed by atoms with Gasteiger partial charge in [-0.1, -0.05) is 23.7 Å². The van der Waals surface area contributed by atoms with Crippen LogP contribution in [0.2, 0.25) is 5.02 Å². The minimum Gasteiger partial charge on any atom is -0.497 e. The summed E-state index contributed by atoms with van der Waals surface area (Å²) in [5.41, 5.74) is 0.503. The number of halogens is 1. The lowest BCUT2D eigenvalue weighted by atomic mass is 10.2. The molecule has 0 radical (unpaired) electrons. The fourth-order valence-corrected chi connectivity index (χ4v) is 2.28. The first-order chi connectivity index (χ1) is 12.9. The second-order valence-electron chi connectivity index (χ2n) is 5.28. The van der Waals surface area contributed by atoms with Crippen LogP contribution in [0.3, 0.4) is 0 Å². The Hall–Kier alpha value is -3.57. The van der Waals surface area contributed by atoms with Crippen LogP contribution in [0.15, 0.2) is 54.2 Å². The highest BCUT2D eigenvalue weighted by Crippen LogP contribution is 2.27. The maximum atomic E-state index is 12.2. The highest BCUT2D eigenvalue weighted by molar-refractivity contribution is 6.34. The van der Waals surface area contributed by atoms with Crippen molar-refractivity contribution < 1.29 is 14.5 Å². The van der Waals surface area contributed by atoms with Crippen LogP contribution in [-0.2, 0) is 11.3 Å². The van der Waals surface area contributed by atoms with Crippen molar-refractivity contribution in [1.82, 2.24) is 5.32 Å². The number of carbonyl (C=O) groups excluding carboxylic acids is 1. The molecule has 138 valence electrons. The number of nitro groups is 1. The van der Waals surface area contributed by atoms with Gasteiger partial charge in [0.15, 0.2) is 0 Å². The second-order valence-corrected chi connectivity index (χ2v) is 5.68. The highest BCUT2D eigenvalue weighted by atomic mass is 35.5. The number of ether oxygens (including phenoxy) is 1. The van der Waals surface area contributed by atoms with E-state index in [0.717, 1.165) is 11.6 Å². The van der Waals surface area contributed by atoms with Crippen molar-refractivity contribution in [3.63, 3.8) is 0 Å². The van der Waals surface area contributed by atoms with Gasteiger partial charge in [-0.3, -0.25) is 14.9 Å². The maximum absolute atomic E-state index is 12.2. The van der Waals surface area contributed by atoms with Crippen molar-refractivity contribution >= 4 is 28.9 Å². The molecule has 2 aromatic rings. The average Bonchev–Trinajstić information content (AvgIpc) is 2.66. The van der Waals surface area contributed by atoms with E-state index in [1.807, 2.05) is 18.2 Å². The number of nitro benzene ring substituents is 1. The number of hydrogen-bond acceptors (Lipinski definition) is 6. The Bertz CT molecular complexity index is 937. The molecule has 0 saturated carbocycles. The van der Waals surface area contributed by atoms with Gasteiger partial charge < -0.3 is 15.4 Å². The molecule has 0 saturated heterocycles. The van der Waals surface area contributed by atoms with Crippen LogP contribution in [0.4, 0.5) is 11.4 Å². The number of non-ortho nitro benzene ring substituents is 1. The summed E-state index contributed by atoms with van der Waals surface area (Å²) >= 11 is 5.94. The number of anilines is 1. The van der Waals surface area contributed by atoms with Gasteiger partial charge in [-0.05, 0) is 23.8 Å². The summed E-state index contributed by atoms with van der Waals surface area (Å²) in [7, 11) is 1.56. The minimum absolute atomic E-state index is 0.0461. The summed E-state index contributed by atoms with van der Waals surface area (Å²) < 4.78 is 5.13. The van der Waals surface area contributed by atoms with E-state index in [4.69, 9.17) is 16.3 Å². The molecule has 0 unspecified atom stereocenters. The summed E-state index contributed by atoms with van der Waals surface area (Å²) in [4.78, 5) is 22.5. The summed E-state index contributed by atoms with van der Waals surface area (Å²) in [5, 5.41) is 25.4. The van der Waals surface area contributed by atoms with E-state index in [2.05, 4.69) is 10.6 Å². The molecule has 2 aromatic carbocycles. The number of carbonyl (C=O) groups is 1. The van der Waals surface area contributed by atoms with Crippen molar-refractivity contribution in [2.24, 2.45) is 0 Å². The minimum atomic E-state index is -0.738. The van der Waals surface area contributed by atoms with Crippen LogP contribution in [-0.4, -0.2) is 17.9 Å². The molecule has 2 N–H and O–H groups in total. The third-order valence-corrected chi connectivity index (χ3v) is 3.79. The number of methoxy groups -OCH3 is 1. The molecule has 1 amide bonds. The molecule has 0 aliphatic heterocycles. The smallest absolute Gasteiger partial charge is 0.271 e. The van der Waals surface area contributed by atoms with Crippen LogP contribution in [0.1, 0.15) is 5.56 Å². The zero-order valence-electron chi connectivity index (χ0n) is 14.2. The summed E-state index contributed by atoms with van der Waals surface area (Å²) in [6.45, 7) is 0.368. The van der Waals surface area contributed by atoms with E-state index in [1.54, 1.807) is 19.2 Å². The molecular formula is C18H15ClN4O4. The predicted octanol–water partition coefficient (Wildman–Crippen LogP) is 3.39. The summed E-state index contributed by atoms with van der Waals surface area (Å²) in [6, 6.07) is 12.7. The van der Waals surface area contributed by atoms with E-state index >= 15 is 0 Å². The molecule has 2 rings (SSSR count). The van der Waals surface area contributed by atoms with Gasteiger partial charge >= 0.3 is 0 Å². The standard InChI is InChI=1S/C18H15ClN4O4/c1-27-15-4-2-3-12(7-15)10-21-11-13(9-20)18(24)22-17-8-14(23(25)26)5-6-16(17)19/h2-8,11,21H,10H2,1H3,(H,22,24)/b13-11-. The topological polar surface area (TPSA) is 117 Å². The number of nitrogens with one attached hydrogen (secondary N) is 2. The number of nitriles is 1. The zero-order chi connectivity index (χ0) is 19.8. The van der Waals surface area contributed by atoms with Gasteiger partial charge in [0.05, 0.1) is 22.7 Å². The Morgan fingerprint density at radius 2 is 2.15 bits per heavy atom. The van der Waals surface area contributed by atoms with Crippen molar-refractivity contribution in [1.29, 1.82) is 5.26 Å². The Morgan fingerprint density at radius 3 is 2.81 bits per heavy atom. The number of rotatable bonds is 7. The molecular weight excluding hydrogens is 372 g/mol. The molecule has 9 heteroatoms. The van der Waals surface area contributed by atoms with Crippen LogP contribution >= 0.6 is 11.6 Å². The van der Waals surface area contributed by atoms with Gasteiger partial charge in [-0.2, -0.15) is 5.26 Å². The van der Waals surface area contributed by atoms with Gasteiger partial charge in [-0.25, -0.2) is 0 Å². The SMILES string of the molecule is COc1cccc(CN/C=C(/C#N)C(=O)Nc2cc([N+](=O)[O-])ccc2Cl)c1. The number of nitrogens with zero attached hydrogens (tertiary/aromatic N) is 2. The first kappa shape index (κ1) is 19.8. The molecule has 0 aromatic heterocycles. The highest BCUT2D eigenvalue weighted by Gasteiger charge is 2.14. The molecule has 0 fully saturated rings.